The van der Waals surface area contributed by atoms with E-state index in [1.165, 1.54) is 18.0 Å². The first-order chi connectivity index (χ1) is 7.94. The molecule has 0 unspecified atom stereocenters. The normalized spacial score (nSPS) is 11.9. The van der Waals surface area contributed by atoms with Gasteiger partial charge in [-0.25, -0.2) is 8.42 Å². The molecule has 0 fully saturated rings. The molecular formula is C9H18N4O2S2. The molecule has 0 radical (unpaired) electrons. The summed E-state index contributed by atoms with van der Waals surface area (Å²) in [5, 5.41) is 8.83. The number of aromatic nitrogens is 3. The van der Waals surface area contributed by atoms with Crippen LogP contribution in [0.15, 0.2) is 5.16 Å². The minimum atomic E-state index is -2.87. The molecule has 2 N–H and O–H groups in total. The summed E-state index contributed by atoms with van der Waals surface area (Å²) < 4.78 is 23.9. The summed E-state index contributed by atoms with van der Waals surface area (Å²) in [5.74, 6) is 1.76. The molecule has 0 saturated heterocycles. The zero-order valence-corrected chi connectivity index (χ0v) is 11.7. The first kappa shape index (κ1) is 14.5. The molecule has 0 aliphatic heterocycles. The largest absolute Gasteiger partial charge is 0.329 e. The topological polar surface area (TPSA) is 90.9 Å². The summed E-state index contributed by atoms with van der Waals surface area (Å²) in [6.07, 6.45) is 1.87. The second kappa shape index (κ2) is 6.36. The summed E-state index contributed by atoms with van der Waals surface area (Å²) in [6.45, 7) is 3.10. The van der Waals surface area contributed by atoms with Crippen molar-refractivity contribution in [1.82, 2.24) is 14.8 Å². The van der Waals surface area contributed by atoms with Crippen LogP contribution in [-0.4, -0.2) is 47.5 Å². The van der Waals surface area contributed by atoms with Crippen LogP contribution in [0.1, 0.15) is 12.2 Å². The average Bonchev–Trinajstić information content (AvgIpc) is 2.55. The van der Waals surface area contributed by atoms with Crippen molar-refractivity contribution < 1.29 is 8.42 Å². The van der Waals surface area contributed by atoms with Gasteiger partial charge in [0.05, 0.1) is 5.75 Å². The number of nitrogens with two attached hydrogens (primary N) is 1. The molecule has 0 bridgehead atoms. The van der Waals surface area contributed by atoms with Gasteiger partial charge in [-0.05, 0) is 13.3 Å². The molecular weight excluding hydrogens is 260 g/mol. The van der Waals surface area contributed by atoms with Crippen molar-refractivity contribution >= 4 is 21.6 Å². The average molecular weight is 278 g/mol. The molecule has 0 amide bonds. The molecule has 0 spiro atoms. The van der Waals surface area contributed by atoms with Gasteiger partial charge in [-0.15, -0.1) is 10.2 Å². The molecule has 0 aliphatic rings. The molecule has 1 rings (SSSR count). The van der Waals surface area contributed by atoms with Crippen LogP contribution >= 0.6 is 11.8 Å². The fourth-order valence-electron chi connectivity index (χ4n) is 1.34. The smallest absolute Gasteiger partial charge is 0.191 e. The van der Waals surface area contributed by atoms with Crippen LogP contribution < -0.4 is 5.73 Å². The van der Waals surface area contributed by atoms with E-state index in [9.17, 15) is 8.42 Å². The van der Waals surface area contributed by atoms with Crippen molar-refractivity contribution in [3.05, 3.63) is 5.82 Å². The van der Waals surface area contributed by atoms with Gasteiger partial charge in [0.15, 0.2) is 5.16 Å². The minimum absolute atomic E-state index is 0.212. The molecule has 0 saturated carbocycles. The van der Waals surface area contributed by atoms with Crippen LogP contribution in [0.25, 0.3) is 0 Å². The Bertz CT molecular complexity index is 456. The first-order valence-electron chi connectivity index (χ1n) is 5.34. The Labute approximate surface area is 106 Å². The van der Waals surface area contributed by atoms with Crippen LogP contribution in [0.2, 0.25) is 0 Å². The maximum absolute atomic E-state index is 11.0. The lowest BCUT2D eigenvalue weighted by molar-refractivity contribution is 0.600. The van der Waals surface area contributed by atoms with Gasteiger partial charge < -0.3 is 10.3 Å². The third-order valence-corrected chi connectivity index (χ3v) is 4.23. The highest BCUT2D eigenvalue weighted by Crippen LogP contribution is 2.17. The lowest BCUT2D eigenvalue weighted by Crippen LogP contribution is -2.12. The van der Waals surface area contributed by atoms with Crippen molar-refractivity contribution in [3.63, 3.8) is 0 Å². The van der Waals surface area contributed by atoms with E-state index in [1.54, 1.807) is 0 Å². The molecule has 0 aliphatic carbocycles. The van der Waals surface area contributed by atoms with Crippen molar-refractivity contribution in [3.8, 4) is 0 Å². The molecule has 0 atom stereocenters. The number of aryl methyl sites for hydroxylation is 1. The third-order valence-electron chi connectivity index (χ3n) is 2.15. The molecule has 1 heterocycles. The third kappa shape index (κ3) is 5.05. The highest BCUT2D eigenvalue weighted by molar-refractivity contribution is 7.99. The Balaban J connectivity index is 2.46. The van der Waals surface area contributed by atoms with Gasteiger partial charge in [0, 0.05) is 25.1 Å². The Kier molecular flexibility index (Phi) is 5.41. The summed E-state index contributed by atoms with van der Waals surface area (Å²) >= 11 is 1.52. The molecule has 1 aromatic rings. The second-order valence-electron chi connectivity index (χ2n) is 3.80. The minimum Gasteiger partial charge on any atom is -0.329 e. The molecule has 98 valence electrons. The predicted octanol–water partition coefficient (Wildman–Crippen LogP) is 0.0720. The molecule has 0 aromatic carbocycles. The summed E-state index contributed by atoms with van der Waals surface area (Å²) in [7, 11) is -2.87. The second-order valence-corrected chi connectivity index (χ2v) is 7.12. The van der Waals surface area contributed by atoms with Crippen molar-refractivity contribution in [2.75, 3.05) is 24.3 Å². The zero-order valence-electron chi connectivity index (χ0n) is 10.1. The van der Waals surface area contributed by atoms with Crippen LogP contribution in [0, 0.1) is 6.92 Å². The number of sulfone groups is 1. The molecule has 8 heteroatoms. The number of thioether (sulfide) groups is 1. The lowest BCUT2D eigenvalue weighted by Gasteiger charge is -2.05. The van der Waals surface area contributed by atoms with Crippen LogP contribution in [0.4, 0.5) is 0 Å². The quantitative estimate of drug-likeness (QED) is 0.561. The van der Waals surface area contributed by atoms with Crippen molar-refractivity contribution in [2.45, 2.75) is 25.0 Å². The SMILES string of the molecule is Cc1nnc(SCCCS(C)(=O)=O)n1CCN. The number of nitrogens with zero attached hydrogens (tertiary/aromatic N) is 3. The monoisotopic (exact) mass is 278 g/mol. The van der Waals surface area contributed by atoms with Crippen LogP contribution in [0.5, 0.6) is 0 Å². The van der Waals surface area contributed by atoms with E-state index in [0.717, 1.165) is 16.7 Å². The highest BCUT2D eigenvalue weighted by atomic mass is 32.2. The van der Waals surface area contributed by atoms with E-state index in [1.807, 2.05) is 11.5 Å². The van der Waals surface area contributed by atoms with Crippen LogP contribution in [0.3, 0.4) is 0 Å². The van der Waals surface area contributed by atoms with E-state index >= 15 is 0 Å². The first-order valence-corrected chi connectivity index (χ1v) is 8.39. The van der Waals surface area contributed by atoms with Crippen LogP contribution in [-0.2, 0) is 16.4 Å². The van der Waals surface area contributed by atoms with Gasteiger partial charge in [0.1, 0.15) is 15.7 Å². The maximum atomic E-state index is 11.0. The van der Waals surface area contributed by atoms with Gasteiger partial charge in [-0.1, -0.05) is 11.8 Å². The van der Waals surface area contributed by atoms with E-state index < -0.39 is 9.84 Å². The Morgan fingerprint density at radius 3 is 2.71 bits per heavy atom. The molecule has 6 nitrogen and oxygen atoms in total. The van der Waals surface area contributed by atoms with Gasteiger partial charge in [-0.2, -0.15) is 0 Å². The Hall–Kier alpha value is -0.600. The fourth-order valence-corrected chi connectivity index (χ4v) is 3.14. The van der Waals surface area contributed by atoms with Crippen molar-refractivity contribution in [1.29, 1.82) is 0 Å². The maximum Gasteiger partial charge on any atom is 0.191 e. The van der Waals surface area contributed by atoms with Gasteiger partial charge in [0.25, 0.3) is 0 Å². The Morgan fingerprint density at radius 1 is 1.41 bits per heavy atom. The molecule has 1 aromatic heterocycles. The van der Waals surface area contributed by atoms with Gasteiger partial charge in [-0.3, -0.25) is 0 Å². The number of rotatable bonds is 7. The zero-order chi connectivity index (χ0) is 12.9. The van der Waals surface area contributed by atoms with Crippen molar-refractivity contribution in [2.24, 2.45) is 5.73 Å². The van der Waals surface area contributed by atoms with E-state index in [2.05, 4.69) is 10.2 Å². The van der Waals surface area contributed by atoms with Gasteiger partial charge >= 0.3 is 0 Å². The van der Waals surface area contributed by atoms with E-state index in [4.69, 9.17) is 5.73 Å². The number of hydrogen-bond acceptors (Lipinski definition) is 6. The van der Waals surface area contributed by atoms with E-state index in [0.29, 0.717) is 19.5 Å². The standard InChI is InChI=1S/C9H18N4O2S2/c1-8-11-12-9(13(8)5-4-10)16-6-3-7-17(2,14)15/h3-7,10H2,1-2H3. The predicted molar refractivity (Wildman–Crippen MR) is 68.9 cm³/mol. The lowest BCUT2D eigenvalue weighted by atomic mass is 10.6. The summed E-state index contributed by atoms with van der Waals surface area (Å²) in [5.41, 5.74) is 5.50. The Morgan fingerprint density at radius 2 is 2.12 bits per heavy atom. The number of hydrogen-bond donors (Lipinski definition) is 1. The summed E-state index contributed by atoms with van der Waals surface area (Å²) in [4.78, 5) is 0. The summed E-state index contributed by atoms with van der Waals surface area (Å²) in [6, 6.07) is 0. The molecule has 17 heavy (non-hydrogen) atoms. The highest BCUT2D eigenvalue weighted by Gasteiger charge is 2.09. The fraction of sp³-hybridized carbons (Fsp3) is 0.778. The van der Waals surface area contributed by atoms with E-state index in [-0.39, 0.29) is 5.75 Å². The van der Waals surface area contributed by atoms with Gasteiger partial charge in [0.2, 0.25) is 0 Å².